The summed E-state index contributed by atoms with van der Waals surface area (Å²) in [5.74, 6) is 0.375. The van der Waals surface area contributed by atoms with Gasteiger partial charge in [0.05, 0.1) is 31.4 Å². The molecule has 3 aromatic carbocycles. The number of rotatable bonds is 14. The number of carbonyl (C=O) groups is 2. The number of hydrogen-bond donors (Lipinski definition) is 1. The molecule has 0 aromatic heterocycles. The summed E-state index contributed by atoms with van der Waals surface area (Å²) < 4.78 is 45.8. The maximum absolute atomic E-state index is 14.3. The Balaban J connectivity index is 1.73. The van der Waals surface area contributed by atoms with Crippen LogP contribution in [0.1, 0.15) is 50.7 Å². The van der Waals surface area contributed by atoms with E-state index in [1.807, 2.05) is 38.1 Å². The second kappa shape index (κ2) is 15.2. The van der Waals surface area contributed by atoms with E-state index in [-0.39, 0.29) is 34.8 Å². The lowest BCUT2D eigenvalue weighted by Crippen LogP contribution is -2.52. The zero-order chi connectivity index (χ0) is 32.6. The summed E-state index contributed by atoms with van der Waals surface area (Å²) in [5, 5.41) is 3.09. The van der Waals surface area contributed by atoms with Crippen LogP contribution in [0.2, 0.25) is 0 Å². The molecule has 1 N–H and O–H groups in total. The third-order valence-corrected chi connectivity index (χ3v) is 9.90. The molecule has 11 heteroatoms. The Hall–Kier alpha value is -4.25. The van der Waals surface area contributed by atoms with Crippen molar-refractivity contribution >= 4 is 27.5 Å². The van der Waals surface area contributed by atoms with Gasteiger partial charge in [-0.2, -0.15) is 0 Å². The van der Waals surface area contributed by atoms with Gasteiger partial charge in [-0.3, -0.25) is 13.9 Å². The fourth-order valence-electron chi connectivity index (χ4n) is 5.45. The van der Waals surface area contributed by atoms with Gasteiger partial charge in [0.25, 0.3) is 10.0 Å². The Kier molecular flexibility index (Phi) is 11.3. The van der Waals surface area contributed by atoms with Crippen molar-refractivity contribution in [3.05, 3.63) is 77.9 Å². The SMILES string of the molecule is CCOc1ccc(N(CC(=O)N(Cc2ccccc2C)[C@@H](C)C(=O)NC2CCCC2)S(=O)(=O)c2ccc(OC)c(OC)c2)cc1. The lowest BCUT2D eigenvalue weighted by molar-refractivity contribution is -0.139. The van der Waals surface area contributed by atoms with Crippen LogP contribution in [0.25, 0.3) is 0 Å². The Labute approximate surface area is 266 Å². The van der Waals surface area contributed by atoms with E-state index in [1.54, 1.807) is 31.2 Å². The normalized spacial score (nSPS) is 14.0. The number of ether oxygens (including phenoxy) is 3. The molecule has 10 nitrogen and oxygen atoms in total. The number of methoxy groups -OCH3 is 2. The quantitative estimate of drug-likeness (QED) is 0.262. The largest absolute Gasteiger partial charge is 0.494 e. The fourth-order valence-corrected chi connectivity index (χ4v) is 6.88. The van der Waals surface area contributed by atoms with Crippen molar-refractivity contribution in [2.75, 3.05) is 31.7 Å². The lowest BCUT2D eigenvalue weighted by atomic mass is 10.1. The standard InChI is InChI=1S/C34H43N3O7S/c1-6-44-29-17-15-28(16-18-29)37(45(40,41)30-19-20-31(42-4)32(21-30)43-5)23-33(38)36(22-26-12-8-7-11-24(26)2)25(3)34(39)35-27-13-9-10-14-27/h7-8,11-12,15-21,25,27H,6,9-10,13-14,22-23H2,1-5H3,(H,35,39)/t25-/m0/s1. The summed E-state index contributed by atoms with van der Waals surface area (Å²) in [7, 11) is -1.42. The molecule has 3 aromatic rings. The molecule has 242 valence electrons. The zero-order valence-electron chi connectivity index (χ0n) is 26.6. The predicted octanol–water partition coefficient (Wildman–Crippen LogP) is 5.08. The van der Waals surface area contributed by atoms with E-state index >= 15 is 0 Å². The molecule has 1 atom stereocenters. The molecular formula is C34H43N3O7S. The van der Waals surface area contributed by atoms with Crippen molar-refractivity contribution in [1.29, 1.82) is 0 Å². The smallest absolute Gasteiger partial charge is 0.264 e. The molecule has 0 bridgehead atoms. The van der Waals surface area contributed by atoms with Crippen LogP contribution in [0.4, 0.5) is 5.69 Å². The van der Waals surface area contributed by atoms with Gasteiger partial charge < -0.3 is 24.4 Å². The number of amides is 2. The van der Waals surface area contributed by atoms with Crippen molar-refractivity contribution in [2.24, 2.45) is 0 Å². The molecule has 0 heterocycles. The second-order valence-electron chi connectivity index (χ2n) is 11.1. The van der Waals surface area contributed by atoms with E-state index in [1.165, 1.54) is 37.3 Å². The van der Waals surface area contributed by atoms with Gasteiger partial charge in [0.1, 0.15) is 18.3 Å². The number of nitrogens with zero attached hydrogens (tertiary/aromatic N) is 2. The molecule has 0 spiro atoms. The number of aryl methyl sites for hydroxylation is 1. The highest BCUT2D eigenvalue weighted by molar-refractivity contribution is 7.92. The molecule has 0 unspecified atom stereocenters. The summed E-state index contributed by atoms with van der Waals surface area (Å²) in [6.45, 7) is 5.52. The Morgan fingerprint density at radius 2 is 1.62 bits per heavy atom. The van der Waals surface area contributed by atoms with Crippen molar-refractivity contribution in [1.82, 2.24) is 10.2 Å². The summed E-state index contributed by atoms with van der Waals surface area (Å²) in [5.41, 5.74) is 2.09. The highest BCUT2D eigenvalue weighted by atomic mass is 32.2. The van der Waals surface area contributed by atoms with Crippen molar-refractivity contribution in [3.8, 4) is 17.2 Å². The van der Waals surface area contributed by atoms with Crippen molar-refractivity contribution in [3.63, 3.8) is 0 Å². The van der Waals surface area contributed by atoms with Crippen LogP contribution in [0.5, 0.6) is 17.2 Å². The second-order valence-corrected chi connectivity index (χ2v) is 12.9. The number of sulfonamides is 1. The van der Waals surface area contributed by atoms with Gasteiger partial charge in [-0.25, -0.2) is 8.42 Å². The van der Waals surface area contributed by atoms with Crippen molar-refractivity contribution in [2.45, 2.75) is 70.0 Å². The molecule has 2 amide bonds. The van der Waals surface area contributed by atoms with Crippen LogP contribution < -0.4 is 23.8 Å². The zero-order valence-corrected chi connectivity index (χ0v) is 27.4. The first-order valence-corrected chi connectivity index (χ1v) is 16.6. The summed E-state index contributed by atoms with van der Waals surface area (Å²) in [6, 6.07) is 17.6. The highest BCUT2D eigenvalue weighted by Crippen LogP contribution is 2.33. The molecule has 45 heavy (non-hydrogen) atoms. The van der Waals surface area contributed by atoms with Gasteiger partial charge in [0.2, 0.25) is 11.8 Å². The van der Waals surface area contributed by atoms with Gasteiger partial charge in [-0.15, -0.1) is 0 Å². The van der Waals surface area contributed by atoms with E-state index in [0.29, 0.717) is 18.1 Å². The third kappa shape index (κ3) is 8.08. The van der Waals surface area contributed by atoms with Crippen LogP contribution in [0.3, 0.4) is 0 Å². The maximum atomic E-state index is 14.3. The third-order valence-electron chi connectivity index (χ3n) is 8.13. The van der Waals surface area contributed by atoms with Gasteiger partial charge >= 0.3 is 0 Å². The molecule has 1 fully saturated rings. The fraction of sp³-hybridized carbons (Fsp3) is 0.412. The Morgan fingerprint density at radius 3 is 2.24 bits per heavy atom. The number of carbonyl (C=O) groups excluding carboxylic acids is 2. The monoisotopic (exact) mass is 637 g/mol. The van der Waals surface area contributed by atoms with E-state index in [2.05, 4.69) is 5.32 Å². The average Bonchev–Trinajstić information content (AvgIpc) is 3.56. The van der Waals surface area contributed by atoms with Gasteiger partial charge in [-0.05, 0) is 81.1 Å². The van der Waals surface area contributed by atoms with Gasteiger partial charge in [0, 0.05) is 18.7 Å². The maximum Gasteiger partial charge on any atom is 0.264 e. The lowest BCUT2D eigenvalue weighted by Gasteiger charge is -2.33. The van der Waals surface area contributed by atoms with Crippen LogP contribution in [0, 0.1) is 6.92 Å². The van der Waals surface area contributed by atoms with Gasteiger partial charge in [-0.1, -0.05) is 37.1 Å². The summed E-state index contributed by atoms with van der Waals surface area (Å²) in [6.07, 6.45) is 3.91. The first-order chi connectivity index (χ1) is 21.6. The minimum Gasteiger partial charge on any atom is -0.494 e. The topological polar surface area (TPSA) is 114 Å². The minimum atomic E-state index is -4.30. The molecule has 1 aliphatic carbocycles. The van der Waals surface area contributed by atoms with Crippen LogP contribution >= 0.6 is 0 Å². The van der Waals surface area contributed by atoms with Gasteiger partial charge in [0.15, 0.2) is 11.5 Å². The molecular weight excluding hydrogens is 594 g/mol. The van der Waals surface area contributed by atoms with E-state index < -0.39 is 28.5 Å². The first kappa shape index (κ1) is 33.6. The molecule has 0 aliphatic heterocycles. The molecule has 1 saturated carbocycles. The predicted molar refractivity (Wildman–Crippen MR) is 173 cm³/mol. The van der Waals surface area contributed by atoms with E-state index in [0.717, 1.165) is 41.1 Å². The number of nitrogens with one attached hydrogen (secondary N) is 1. The van der Waals surface area contributed by atoms with Crippen LogP contribution in [-0.4, -0.2) is 64.6 Å². The molecule has 0 saturated heterocycles. The molecule has 1 aliphatic rings. The summed E-state index contributed by atoms with van der Waals surface area (Å²) >= 11 is 0. The van der Waals surface area contributed by atoms with E-state index in [9.17, 15) is 18.0 Å². The Morgan fingerprint density at radius 1 is 0.956 bits per heavy atom. The van der Waals surface area contributed by atoms with Crippen LogP contribution in [0.15, 0.2) is 71.6 Å². The Bertz CT molecular complexity index is 1570. The number of anilines is 1. The summed E-state index contributed by atoms with van der Waals surface area (Å²) in [4.78, 5) is 29.1. The first-order valence-electron chi connectivity index (χ1n) is 15.2. The van der Waals surface area contributed by atoms with Crippen molar-refractivity contribution < 1.29 is 32.2 Å². The number of benzene rings is 3. The molecule has 4 rings (SSSR count). The van der Waals surface area contributed by atoms with Crippen LogP contribution in [-0.2, 0) is 26.2 Å². The minimum absolute atomic E-state index is 0.0705. The average molecular weight is 638 g/mol. The highest BCUT2D eigenvalue weighted by Gasteiger charge is 2.34. The molecule has 0 radical (unpaired) electrons. The van der Waals surface area contributed by atoms with E-state index in [4.69, 9.17) is 14.2 Å². The number of hydrogen-bond acceptors (Lipinski definition) is 7.